The second-order valence-electron chi connectivity index (χ2n) is 14.6. The summed E-state index contributed by atoms with van der Waals surface area (Å²) < 4.78 is 3.38. The number of hydrogen-bond donors (Lipinski definition) is 2. The van der Waals surface area contributed by atoms with E-state index in [1.54, 1.807) is 70.0 Å². The summed E-state index contributed by atoms with van der Waals surface area (Å²) in [5, 5.41) is 18.6. The largest absolute Gasteiger partial charge is 0.351 e. The zero-order valence-corrected chi connectivity index (χ0v) is 38.0. The van der Waals surface area contributed by atoms with Crippen LogP contribution in [0.3, 0.4) is 0 Å². The van der Waals surface area contributed by atoms with Gasteiger partial charge in [-0.2, -0.15) is 10.2 Å². The Morgan fingerprint density at radius 1 is 0.533 bits per heavy atom. The number of unbranched alkanes of at least 4 members (excludes halogenated alkanes) is 4. The molecule has 4 aromatic carbocycles. The lowest BCUT2D eigenvalue weighted by Crippen LogP contribution is -2.26. The van der Waals surface area contributed by atoms with Crippen molar-refractivity contribution in [1.29, 1.82) is 0 Å². The molecule has 6 aromatic rings. The monoisotopic (exact) mass is 925 g/mol. The van der Waals surface area contributed by atoms with Gasteiger partial charge in [0.15, 0.2) is 11.4 Å². The molecule has 60 heavy (non-hydrogen) atoms. The van der Waals surface area contributed by atoms with E-state index in [1.165, 1.54) is 0 Å². The fourth-order valence-corrected chi connectivity index (χ4v) is 8.25. The maximum absolute atomic E-state index is 13.4. The van der Waals surface area contributed by atoms with Crippen LogP contribution in [0.15, 0.2) is 84.9 Å². The molecule has 9 nitrogen and oxygen atoms in total. The van der Waals surface area contributed by atoms with Crippen LogP contribution in [0.1, 0.15) is 70.6 Å². The van der Waals surface area contributed by atoms with Gasteiger partial charge in [-0.3, -0.25) is 9.59 Å². The summed E-state index contributed by atoms with van der Waals surface area (Å²) in [5.41, 5.74) is 6.57. The molecule has 2 N–H and O–H groups in total. The molecule has 0 aliphatic rings. The average Bonchev–Trinajstić information content (AvgIpc) is 3.74. The summed E-state index contributed by atoms with van der Waals surface area (Å²) in [6, 6.07) is 25.2. The van der Waals surface area contributed by atoms with Crippen molar-refractivity contribution < 1.29 is 9.59 Å². The Balaban J connectivity index is 0.923. The molecular formula is C45H45Cl6N7O2. The highest BCUT2D eigenvalue weighted by Crippen LogP contribution is 2.35. The quantitative estimate of drug-likeness (QED) is 0.0837. The van der Waals surface area contributed by atoms with Crippen LogP contribution < -0.4 is 10.6 Å². The van der Waals surface area contributed by atoms with Gasteiger partial charge in [0.25, 0.3) is 11.8 Å². The van der Waals surface area contributed by atoms with Crippen LogP contribution in [0.4, 0.5) is 0 Å². The van der Waals surface area contributed by atoms with E-state index in [0.29, 0.717) is 66.0 Å². The summed E-state index contributed by atoms with van der Waals surface area (Å²) in [4.78, 5) is 29.1. The number of nitrogens with zero attached hydrogens (tertiary/aromatic N) is 5. The first kappa shape index (κ1) is 45.5. The van der Waals surface area contributed by atoms with Crippen LogP contribution in [-0.4, -0.2) is 69.5 Å². The summed E-state index contributed by atoms with van der Waals surface area (Å²) in [6.45, 7) is 6.75. The second kappa shape index (κ2) is 21.1. The molecule has 15 heteroatoms. The van der Waals surface area contributed by atoms with Crippen molar-refractivity contribution >= 4 is 81.4 Å². The molecule has 314 valence electrons. The Labute approximate surface area is 380 Å². The highest BCUT2D eigenvalue weighted by atomic mass is 35.5. The van der Waals surface area contributed by atoms with E-state index >= 15 is 0 Å². The molecule has 0 saturated heterocycles. The smallest absolute Gasteiger partial charge is 0.272 e. The molecule has 0 bridgehead atoms. The minimum atomic E-state index is -0.241. The minimum absolute atomic E-state index is 0.241. The van der Waals surface area contributed by atoms with Crippen molar-refractivity contribution in [2.45, 2.75) is 52.4 Å². The first-order valence-electron chi connectivity index (χ1n) is 19.7. The Bertz CT molecular complexity index is 2280. The zero-order chi connectivity index (χ0) is 42.9. The van der Waals surface area contributed by atoms with E-state index in [2.05, 4.69) is 22.6 Å². The number of carbonyl (C=O) groups is 2. The van der Waals surface area contributed by atoms with E-state index in [4.69, 9.17) is 79.8 Å². The predicted octanol–water partition coefficient (Wildman–Crippen LogP) is 12.4. The van der Waals surface area contributed by atoms with E-state index in [9.17, 15) is 9.59 Å². The number of benzene rings is 4. The first-order chi connectivity index (χ1) is 28.8. The Kier molecular flexibility index (Phi) is 16.0. The number of nitrogens with one attached hydrogen (secondary N) is 2. The number of aromatic nitrogens is 4. The maximum Gasteiger partial charge on any atom is 0.272 e. The highest BCUT2D eigenvalue weighted by Gasteiger charge is 2.25. The molecule has 2 aromatic heterocycles. The Hall–Kier alpha value is -4.06. The molecule has 0 fully saturated rings. The van der Waals surface area contributed by atoms with Gasteiger partial charge in [0.1, 0.15) is 0 Å². The second-order valence-corrected chi connectivity index (χ2v) is 17.2. The maximum atomic E-state index is 13.4. The van der Waals surface area contributed by atoms with E-state index in [1.807, 2.05) is 38.1 Å². The van der Waals surface area contributed by atoms with Crippen molar-refractivity contribution in [1.82, 2.24) is 35.1 Å². The summed E-state index contributed by atoms with van der Waals surface area (Å²) in [6.07, 6.45) is 5.66. The third kappa shape index (κ3) is 11.2. The van der Waals surface area contributed by atoms with Crippen LogP contribution in [0.2, 0.25) is 30.1 Å². The number of halogens is 6. The van der Waals surface area contributed by atoms with Gasteiger partial charge in [0, 0.05) is 55.4 Å². The summed E-state index contributed by atoms with van der Waals surface area (Å²) in [7, 11) is 2.12. The van der Waals surface area contributed by atoms with Crippen molar-refractivity contribution in [2.75, 3.05) is 33.2 Å². The lowest BCUT2D eigenvalue weighted by Gasteiger charge is -2.16. The van der Waals surface area contributed by atoms with Gasteiger partial charge in [0.05, 0.1) is 32.8 Å². The van der Waals surface area contributed by atoms with Crippen molar-refractivity contribution in [3.05, 3.63) is 138 Å². The Morgan fingerprint density at radius 2 is 0.900 bits per heavy atom. The molecule has 0 radical (unpaired) electrons. The fraction of sp³-hybridized carbons (Fsp3) is 0.289. The fourth-order valence-electron chi connectivity index (χ4n) is 7.02. The van der Waals surface area contributed by atoms with Crippen LogP contribution >= 0.6 is 69.6 Å². The minimum Gasteiger partial charge on any atom is -0.351 e. The first-order valence-corrected chi connectivity index (χ1v) is 22.0. The van der Waals surface area contributed by atoms with Gasteiger partial charge in [0.2, 0.25) is 0 Å². The van der Waals surface area contributed by atoms with Gasteiger partial charge >= 0.3 is 0 Å². The summed E-state index contributed by atoms with van der Waals surface area (Å²) in [5.74, 6) is -0.481. The third-order valence-corrected chi connectivity index (χ3v) is 11.8. The Morgan fingerprint density at radius 3 is 1.27 bits per heavy atom. The van der Waals surface area contributed by atoms with E-state index < -0.39 is 0 Å². The normalized spacial score (nSPS) is 11.4. The lowest BCUT2D eigenvalue weighted by atomic mass is 10.1. The molecule has 6 rings (SSSR count). The van der Waals surface area contributed by atoms with Crippen LogP contribution in [0, 0.1) is 13.8 Å². The van der Waals surface area contributed by atoms with Gasteiger partial charge in [-0.25, -0.2) is 9.36 Å². The van der Waals surface area contributed by atoms with Gasteiger partial charge in [-0.15, -0.1) is 0 Å². The van der Waals surface area contributed by atoms with Crippen molar-refractivity contribution in [3.8, 4) is 33.9 Å². The van der Waals surface area contributed by atoms with Crippen molar-refractivity contribution in [3.63, 3.8) is 0 Å². The standard InChI is InChI=1S/C45H45Cl6N7O2/c1-28-40(54-57(38-20-18-34(48)26-36(38)50)42(28)30-10-14-32(46)15-11-30)44(59)52-22-6-4-8-24-56(3)25-9-5-7-23-53-45(60)41-29(2)43(31-12-16-33(47)17-13-31)58(55-41)39-21-19-35(49)27-37(39)51/h10-21,26-27H,4-9,22-25H2,1-3H3,(H,52,59)(H,53,60). The zero-order valence-electron chi connectivity index (χ0n) is 33.5. The van der Waals surface area contributed by atoms with Crippen molar-refractivity contribution in [2.24, 2.45) is 0 Å². The molecule has 0 atom stereocenters. The number of amides is 2. The van der Waals surface area contributed by atoms with Crippen LogP contribution in [0.5, 0.6) is 0 Å². The van der Waals surface area contributed by atoms with Gasteiger partial charge in [-0.05, 0) is 120 Å². The molecule has 0 aliphatic heterocycles. The van der Waals surface area contributed by atoms with Gasteiger partial charge in [-0.1, -0.05) is 107 Å². The van der Waals surface area contributed by atoms with E-state index in [0.717, 1.165) is 85.3 Å². The molecule has 0 spiro atoms. The molecule has 0 unspecified atom stereocenters. The predicted molar refractivity (Wildman–Crippen MR) is 247 cm³/mol. The molecule has 2 heterocycles. The van der Waals surface area contributed by atoms with Crippen LogP contribution in [0.25, 0.3) is 33.9 Å². The highest BCUT2D eigenvalue weighted by molar-refractivity contribution is 6.36. The van der Waals surface area contributed by atoms with Gasteiger partial charge < -0.3 is 15.5 Å². The summed E-state index contributed by atoms with van der Waals surface area (Å²) >= 11 is 37.8. The molecule has 0 saturated carbocycles. The number of carbonyl (C=O) groups excluding carboxylic acids is 2. The SMILES string of the molecule is Cc1c(C(=O)NCCCCCN(C)CCCCCNC(=O)c2nn(-c3ccc(Cl)cc3Cl)c(-c3ccc(Cl)cc3)c2C)nn(-c2ccc(Cl)cc2Cl)c1-c1ccc(Cl)cc1. The topological polar surface area (TPSA) is 97.1 Å². The van der Waals surface area contributed by atoms with E-state index in [-0.39, 0.29) is 11.8 Å². The number of hydrogen-bond acceptors (Lipinski definition) is 5. The molecule has 0 aliphatic carbocycles. The average molecular weight is 929 g/mol. The molecule has 2 amide bonds. The number of rotatable bonds is 18. The van der Waals surface area contributed by atoms with Crippen LogP contribution in [-0.2, 0) is 0 Å². The molecular weight excluding hydrogens is 883 g/mol. The lowest BCUT2D eigenvalue weighted by molar-refractivity contribution is 0.0939. The third-order valence-electron chi connectivity index (χ3n) is 10.2.